The van der Waals surface area contributed by atoms with Gasteiger partial charge in [0, 0.05) is 12.2 Å². The molecule has 2 N–H and O–H groups in total. The minimum Gasteiger partial charge on any atom is -0.338 e. The number of rotatable bonds is 2. The monoisotopic (exact) mass is 240 g/mol. The Morgan fingerprint density at radius 2 is 2.28 bits per heavy atom. The lowest BCUT2D eigenvalue weighted by Crippen LogP contribution is -2.24. The van der Waals surface area contributed by atoms with Gasteiger partial charge in [0.25, 0.3) is 0 Å². The summed E-state index contributed by atoms with van der Waals surface area (Å²) in [6, 6.07) is 8.37. The molecule has 92 valence electrons. The summed E-state index contributed by atoms with van der Waals surface area (Å²) in [7, 11) is 0. The molecule has 2 heterocycles. The van der Waals surface area contributed by atoms with Crippen molar-refractivity contribution in [3.63, 3.8) is 0 Å². The minimum atomic E-state index is 0.807. The molecule has 2 aromatic rings. The quantitative estimate of drug-likeness (QED) is 0.844. The average molecular weight is 240 g/mol. The first-order chi connectivity index (χ1) is 8.83. The van der Waals surface area contributed by atoms with E-state index >= 15 is 0 Å². The highest BCUT2D eigenvalue weighted by Gasteiger charge is 2.12. The number of aromatic nitrogens is 2. The van der Waals surface area contributed by atoms with Crippen molar-refractivity contribution in [2.75, 3.05) is 11.9 Å². The molecule has 0 radical (unpaired) electrons. The van der Waals surface area contributed by atoms with E-state index in [1.807, 2.05) is 13.0 Å². The van der Waals surface area contributed by atoms with E-state index < -0.39 is 0 Å². The molecule has 1 aliphatic heterocycles. The van der Waals surface area contributed by atoms with Gasteiger partial charge in [-0.3, -0.25) is 0 Å². The molecule has 0 atom stereocenters. The number of anilines is 2. The number of hydrogen-bond acceptors (Lipinski definition) is 4. The Labute approximate surface area is 106 Å². The first kappa shape index (κ1) is 11.2. The fourth-order valence-corrected chi connectivity index (χ4v) is 2.31. The van der Waals surface area contributed by atoms with Crippen LogP contribution in [0.3, 0.4) is 0 Å². The predicted octanol–water partition coefficient (Wildman–Crippen LogP) is 2.17. The van der Waals surface area contributed by atoms with E-state index in [0.717, 1.165) is 36.6 Å². The van der Waals surface area contributed by atoms with Crippen LogP contribution in [0.2, 0.25) is 0 Å². The first-order valence-electron chi connectivity index (χ1n) is 6.21. The van der Waals surface area contributed by atoms with E-state index in [-0.39, 0.29) is 0 Å². The summed E-state index contributed by atoms with van der Waals surface area (Å²) in [5, 5.41) is 14.8. The molecule has 0 aliphatic carbocycles. The van der Waals surface area contributed by atoms with Gasteiger partial charge in [-0.05, 0) is 48.7 Å². The molecule has 0 spiro atoms. The van der Waals surface area contributed by atoms with Crippen molar-refractivity contribution in [2.24, 2.45) is 0 Å². The van der Waals surface area contributed by atoms with Crippen molar-refractivity contribution in [1.82, 2.24) is 15.5 Å². The Bertz CT molecular complexity index is 565. The minimum absolute atomic E-state index is 0.807. The zero-order chi connectivity index (χ0) is 12.4. The number of fused-ring (bicyclic) bond motifs is 1. The van der Waals surface area contributed by atoms with Gasteiger partial charge in [0.05, 0.1) is 6.20 Å². The molecule has 0 unspecified atom stereocenters. The second kappa shape index (κ2) is 4.74. The lowest BCUT2D eigenvalue weighted by molar-refractivity contribution is 0.645. The summed E-state index contributed by atoms with van der Waals surface area (Å²) in [6.45, 7) is 4.00. The standard InChI is InChI=1S/C14H16N4/c1-10-7-14(18-16-8-10)17-13-4-2-3-11-9-15-6-5-12(11)13/h2-4,7-8,15H,5-6,9H2,1H3,(H,17,18). The Hall–Kier alpha value is -1.94. The fraction of sp³-hybridized carbons (Fsp3) is 0.286. The molecule has 3 rings (SSSR count). The zero-order valence-corrected chi connectivity index (χ0v) is 10.4. The van der Waals surface area contributed by atoms with Crippen molar-refractivity contribution >= 4 is 11.5 Å². The Kier molecular flexibility index (Phi) is 2.94. The predicted molar refractivity (Wildman–Crippen MR) is 71.9 cm³/mol. The Balaban J connectivity index is 1.93. The third kappa shape index (κ3) is 2.19. The summed E-state index contributed by atoms with van der Waals surface area (Å²) in [4.78, 5) is 0. The Morgan fingerprint density at radius 3 is 3.17 bits per heavy atom. The van der Waals surface area contributed by atoms with E-state index in [1.165, 1.54) is 11.1 Å². The molecule has 0 amide bonds. The van der Waals surface area contributed by atoms with Crippen molar-refractivity contribution in [3.05, 3.63) is 47.2 Å². The van der Waals surface area contributed by atoms with Crippen LogP contribution in [-0.4, -0.2) is 16.7 Å². The van der Waals surface area contributed by atoms with Crippen molar-refractivity contribution in [1.29, 1.82) is 0 Å². The smallest absolute Gasteiger partial charge is 0.153 e. The number of benzene rings is 1. The fourth-order valence-electron chi connectivity index (χ4n) is 2.31. The van der Waals surface area contributed by atoms with Gasteiger partial charge in [-0.2, -0.15) is 5.10 Å². The molecule has 0 saturated heterocycles. The highest BCUT2D eigenvalue weighted by molar-refractivity contribution is 5.63. The van der Waals surface area contributed by atoms with Gasteiger partial charge in [-0.25, -0.2) is 0 Å². The van der Waals surface area contributed by atoms with Crippen molar-refractivity contribution in [2.45, 2.75) is 19.9 Å². The summed E-state index contributed by atoms with van der Waals surface area (Å²) in [5.74, 6) is 0.807. The maximum absolute atomic E-state index is 4.11. The second-order valence-corrected chi connectivity index (χ2v) is 4.61. The molecule has 0 saturated carbocycles. The van der Waals surface area contributed by atoms with Crippen LogP contribution in [0.5, 0.6) is 0 Å². The number of nitrogens with zero attached hydrogens (tertiary/aromatic N) is 2. The number of hydrogen-bond donors (Lipinski definition) is 2. The third-order valence-corrected chi connectivity index (χ3v) is 3.19. The SMILES string of the molecule is Cc1cnnc(Nc2cccc3c2CCNC3)c1. The van der Waals surface area contributed by atoms with Crippen LogP contribution in [0, 0.1) is 6.92 Å². The molecule has 18 heavy (non-hydrogen) atoms. The summed E-state index contributed by atoms with van der Waals surface area (Å²) < 4.78 is 0. The third-order valence-electron chi connectivity index (χ3n) is 3.19. The van der Waals surface area contributed by atoms with Gasteiger partial charge in [0.15, 0.2) is 5.82 Å². The van der Waals surface area contributed by atoms with Gasteiger partial charge in [-0.15, -0.1) is 5.10 Å². The van der Waals surface area contributed by atoms with E-state index in [9.17, 15) is 0 Å². The van der Waals surface area contributed by atoms with Gasteiger partial charge in [-0.1, -0.05) is 12.1 Å². The molecule has 1 aromatic heterocycles. The van der Waals surface area contributed by atoms with E-state index in [0.29, 0.717) is 0 Å². The molecule has 0 fully saturated rings. The van der Waals surface area contributed by atoms with Crippen LogP contribution >= 0.6 is 0 Å². The molecular formula is C14H16N4. The van der Waals surface area contributed by atoms with Crippen LogP contribution in [0.1, 0.15) is 16.7 Å². The Morgan fingerprint density at radius 1 is 1.33 bits per heavy atom. The molecule has 1 aliphatic rings. The molecule has 4 heteroatoms. The maximum atomic E-state index is 4.11. The van der Waals surface area contributed by atoms with E-state index in [2.05, 4.69) is 39.0 Å². The van der Waals surface area contributed by atoms with Crippen LogP contribution in [0.15, 0.2) is 30.5 Å². The maximum Gasteiger partial charge on any atom is 0.153 e. The van der Waals surface area contributed by atoms with Gasteiger partial charge in [0.2, 0.25) is 0 Å². The lowest BCUT2D eigenvalue weighted by atomic mass is 9.99. The van der Waals surface area contributed by atoms with Crippen LogP contribution < -0.4 is 10.6 Å². The topological polar surface area (TPSA) is 49.8 Å². The van der Waals surface area contributed by atoms with Crippen LogP contribution in [-0.2, 0) is 13.0 Å². The molecule has 1 aromatic carbocycles. The first-order valence-corrected chi connectivity index (χ1v) is 6.21. The summed E-state index contributed by atoms with van der Waals surface area (Å²) in [5.41, 5.74) is 5.01. The summed E-state index contributed by atoms with van der Waals surface area (Å²) >= 11 is 0. The molecular weight excluding hydrogens is 224 g/mol. The second-order valence-electron chi connectivity index (χ2n) is 4.61. The van der Waals surface area contributed by atoms with Gasteiger partial charge >= 0.3 is 0 Å². The van der Waals surface area contributed by atoms with E-state index in [1.54, 1.807) is 6.20 Å². The van der Waals surface area contributed by atoms with Crippen molar-refractivity contribution < 1.29 is 0 Å². The highest BCUT2D eigenvalue weighted by Crippen LogP contribution is 2.25. The number of nitrogens with one attached hydrogen (secondary N) is 2. The molecule has 0 bridgehead atoms. The van der Waals surface area contributed by atoms with Crippen molar-refractivity contribution in [3.8, 4) is 0 Å². The average Bonchev–Trinajstić information content (AvgIpc) is 2.39. The largest absolute Gasteiger partial charge is 0.338 e. The van der Waals surface area contributed by atoms with Crippen LogP contribution in [0.4, 0.5) is 11.5 Å². The van der Waals surface area contributed by atoms with E-state index in [4.69, 9.17) is 0 Å². The van der Waals surface area contributed by atoms with Gasteiger partial charge in [0.1, 0.15) is 0 Å². The van der Waals surface area contributed by atoms with Gasteiger partial charge < -0.3 is 10.6 Å². The highest BCUT2D eigenvalue weighted by atomic mass is 15.2. The molecule has 4 nitrogen and oxygen atoms in total. The summed E-state index contributed by atoms with van der Waals surface area (Å²) in [6.07, 6.45) is 2.81. The van der Waals surface area contributed by atoms with Crippen LogP contribution in [0.25, 0.3) is 0 Å². The number of aryl methyl sites for hydroxylation is 1. The zero-order valence-electron chi connectivity index (χ0n) is 10.4. The normalized spacial score (nSPS) is 14.1. The lowest BCUT2D eigenvalue weighted by Gasteiger charge is -2.20.